The molecule has 0 atom stereocenters. The van der Waals surface area contributed by atoms with E-state index in [-0.39, 0.29) is 22.6 Å². The summed E-state index contributed by atoms with van der Waals surface area (Å²) in [5, 5.41) is 24.1. The van der Waals surface area contributed by atoms with Gasteiger partial charge in [0.1, 0.15) is 5.69 Å². The van der Waals surface area contributed by atoms with Crippen LogP contribution in [0.4, 0.5) is 11.4 Å². The van der Waals surface area contributed by atoms with Gasteiger partial charge in [-0.1, -0.05) is 13.8 Å². The number of anilines is 1. The van der Waals surface area contributed by atoms with Gasteiger partial charge in [-0.05, 0) is 36.1 Å². The number of hydrogen-bond acceptors (Lipinski definition) is 5. The minimum absolute atomic E-state index is 0.0420. The molecule has 0 fully saturated rings. The molecule has 0 unspecified atom stereocenters. The highest BCUT2D eigenvalue weighted by atomic mass is 16.6. The average molecular weight is 289 g/mol. The van der Waals surface area contributed by atoms with E-state index < -0.39 is 0 Å². The van der Waals surface area contributed by atoms with Crippen molar-refractivity contribution in [3.05, 3.63) is 40.6 Å². The van der Waals surface area contributed by atoms with E-state index in [1.54, 1.807) is 30.5 Å². The number of nitro groups is 1. The molecule has 0 aliphatic carbocycles. The fraction of sp³-hybridized carbons (Fsp3) is 0.400. The molecule has 0 amide bonds. The second-order valence-corrected chi connectivity index (χ2v) is 5.78. The Morgan fingerprint density at radius 3 is 2.81 bits per heavy atom. The predicted molar refractivity (Wildman–Crippen MR) is 82.4 cm³/mol. The third kappa shape index (κ3) is 3.46. The van der Waals surface area contributed by atoms with Gasteiger partial charge in [-0.3, -0.25) is 15.1 Å². The molecule has 1 aromatic carbocycles. The number of aliphatic hydroxyl groups is 1. The summed E-state index contributed by atoms with van der Waals surface area (Å²) in [5.41, 5.74) is 0.975. The molecule has 0 spiro atoms. The van der Waals surface area contributed by atoms with Crippen LogP contribution in [0.3, 0.4) is 0 Å². The SMILES string of the molecule is CC(C)(CCO)CNc1ccc2ncccc2c1[N+](=O)[O-]. The molecule has 0 aliphatic rings. The zero-order valence-corrected chi connectivity index (χ0v) is 12.2. The van der Waals surface area contributed by atoms with E-state index in [0.29, 0.717) is 29.6 Å². The van der Waals surface area contributed by atoms with Crippen LogP contribution in [0.5, 0.6) is 0 Å². The Morgan fingerprint density at radius 1 is 1.38 bits per heavy atom. The van der Waals surface area contributed by atoms with Crippen LogP contribution in [0.25, 0.3) is 10.9 Å². The van der Waals surface area contributed by atoms with Gasteiger partial charge in [-0.2, -0.15) is 0 Å². The van der Waals surface area contributed by atoms with Crippen LogP contribution in [0, 0.1) is 15.5 Å². The van der Waals surface area contributed by atoms with E-state index in [9.17, 15) is 10.1 Å². The van der Waals surface area contributed by atoms with Crippen LogP contribution < -0.4 is 5.32 Å². The number of aliphatic hydroxyl groups excluding tert-OH is 1. The number of hydrogen-bond donors (Lipinski definition) is 2. The van der Waals surface area contributed by atoms with Crippen molar-refractivity contribution >= 4 is 22.3 Å². The maximum atomic E-state index is 11.4. The van der Waals surface area contributed by atoms with Gasteiger partial charge in [0, 0.05) is 19.3 Å². The molecule has 112 valence electrons. The first-order valence-electron chi connectivity index (χ1n) is 6.81. The first-order chi connectivity index (χ1) is 9.94. The van der Waals surface area contributed by atoms with Gasteiger partial charge < -0.3 is 10.4 Å². The van der Waals surface area contributed by atoms with Gasteiger partial charge in [0.25, 0.3) is 0 Å². The fourth-order valence-electron chi connectivity index (χ4n) is 2.20. The molecule has 0 bridgehead atoms. The maximum Gasteiger partial charge on any atom is 0.301 e. The second kappa shape index (κ2) is 6.05. The Balaban J connectivity index is 2.36. The van der Waals surface area contributed by atoms with Crippen LogP contribution in [-0.2, 0) is 0 Å². The molecule has 0 aliphatic heterocycles. The highest BCUT2D eigenvalue weighted by Crippen LogP contribution is 2.33. The number of nitro benzene ring substituents is 1. The lowest BCUT2D eigenvalue weighted by atomic mass is 9.89. The van der Waals surface area contributed by atoms with E-state index in [4.69, 9.17) is 5.11 Å². The topological polar surface area (TPSA) is 88.3 Å². The Kier molecular flexibility index (Phi) is 4.37. The normalized spacial score (nSPS) is 11.6. The molecule has 6 nitrogen and oxygen atoms in total. The van der Waals surface area contributed by atoms with Gasteiger partial charge in [-0.25, -0.2) is 0 Å². The molecule has 2 aromatic rings. The predicted octanol–water partition coefficient (Wildman–Crippen LogP) is 2.96. The number of fused-ring (bicyclic) bond motifs is 1. The van der Waals surface area contributed by atoms with Gasteiger partial charge in [0.05, 0.1) is 15.8 Å². The minimum atomic E-state index is -0.384. The van der Waals surface area contributed by atoms with Crippen molar-refractivity contribution < 1.29 is 10.0 Å². The van der Waals surface area contributed by atoms with Crippen molar-refractivity contribution in [1.29, 1.82) is 0 Å². The molecule has 1 heterocycles. The molecule has 0 radical (unpaired) electrons. The summed E-state index contributed by atoms with van der Waals surface area (Å²) in [6.45, 7) is 4.65. The van der Waals surface area contributed by atoms with Gasteiger partial charge in [-0.15, -0.1) is 0 Å². The number of nitrogens with zero attached hydrogens (tertiary/aromatic N) is 2. The highest BCUT2D eigenvalue weighted by Gasteiger charge is 2.22. The van der Waals surface area contributed by atoms with Crippen LogP contribution in [0.2, 0.25) is 0 Å². The summed E-state index contributed by atoms with van der Waals surface area (Å²) in [7, 11) is 0. The molecule has 21 heavy (non-hydrogen) atoms. The quantitative estimate of drug-likeness (QED) is 0.630. The average Bonchev–Trinajstić information content (AvgIpc) is 2.44. The van der Waals surface area contributed by atoms with E-state index in [2.05, 4.69) is 10.3 Å². The molecular weight excluding hydrogens is 270 g/mol. The first kappa shape index (κ1) is 15.2. The van der Waals surface area contributed by atoms with Crippen LogP contribution in [-0.4, -0.2) is 28.2 Å². The number of rotatable bonds is 6. The van der Waals surface area contributed by atoms with Crippen molar-refractivity contribution in [2.75, 3.05) is 18.5 Å². The smallest absolute Gasteiger partial charge is 0.301 e. The lowest BCUT2D eigenvalue weighted by Crippen LogP contribution is -2.24. The summed E-state index contributed by atoms with van der Waals surface area (Å²) in [6, 6.07) is 6.84. The summed E-state index contributed by atoms with van der Waals surface area (Å²) >= 11 is 0. The van der Waals surface area contributed by atoms with Gasteiger partial charge >= 0.3 is 5.69 Å². The summed E-state index contributed by atoms with van der Waals surface area (Å²) in [6.07, 6.45) is 2.24. The fourth-order valence-corrected chi connectivity index (χ4v) is 2.20. The van der Waals surface area contributed by atoms with Crippen LogP contribution in [0.1, 0.15) is 20.3 Å². The lowest BCUT2D eigenvalue weighted by Gasteiger charge is -2.24. The van der Waals surface area contributed by atoms with Crippen molar-refractivity contribution in [2.24, 2.45) is 5.41 Å². The van der Waals surface area contributed by atoms with E-state index in [0.717, 1.165) is 0 Å². The van der Waals surface area contributed by atoms with Crippen molar-refractivity contribution in [3.8, 4) is 0 Å². The number of aromatic nitrogens is 1. The lowest BCUT2D eigenvalue weighted by molar-refractivity contribution is -0.382. The number of nitrogens with one attached hydrogen (secondary N) is 1. The molecule has 1 aromatic heterocycles. The van der Waals surface area contributed by atoms with Gasteiger partial charge in [0.15, 0.2) is 0 Å². The van der Waals surface area contributed by atoms with E-state index in [1.807, 2.05) is 13.8 Å². The zero-order valence-electron chi connectivity index (χ0n) is 12.2. The Bertz CT molecular complexity index is 656. The summed E-state index contributed by atoms with van der Waals surface area (Å²) in [5.74, 6) is 0. The molecular formula is C15H19N3O3. The molecule has 0 saturated carbocycles. The van der Waals surface area contributed by atoms with Gasteiger partial charge in [0.2, 0.25) is 0 Å². The standard InChI is InChI=1S/C15H19N3O3/c1-15(2,7-9-19)10-17-13-6-5-12-11(4-3-8-16-12)14(13)18(20)21/h3-6,8,17,19H,7,9-10H2,1-2H3. The Hall–Kier alpha value is -2.21. The van der Waals surface area contributed by atoms with Crippen molar-refractivity contribution in [1.82, 2.24) is 4.98 Å². The third-order valence-electron chi connectivity index (χ3n) is 3.49. The van der Waals surface area contributed by atoms with Crippen LogP contribution in [0.15, 0.2) is 30.5 Å². The van der Waals surface area contributed by atoms with E-state index in [1.165, 1.54) is 0 Å². The maximum absolute atomic E-state index is 11.4. The minimum Gasteiger partial charge on any atom is -0.396 e. The summed E-state index contributed by atoms with van der Waals surface area (Å²) in [4.78, 5) is 15.1. The second-order valence-electron chi connectivity index (χ2n) is 5.78. The molecule has 2 rings (SSSR count). The number of pyridine rings is 1. The van der Waals surface area contributed by atoms with E-state index >= 15 is 0 Å². The molecule has 0 saturated heterocycles. The number of benzene rings is 1. The van der Waals surface area contributed by atoms with Crippen molar-refractivity contribution in [3.63, 3.8) is 0 Å². The summed E-state index contributed by atoms with van der Waals surface area (Å²) < 4.78 is 0. The molecule has 2 N–H and O–H groups in total. The van der Waals surface area contributed by atoms with Crippen molar-refractivity contribution in [2.45, 2.75) is 20.3 Å². The monoisotopic (exact) mass is 289 g/mol. The largest absolute Gasteiger partial charge is 0.396 e. The van der Waals surface area contributed by atoms with Crippen LogP contribution >= 0.6 is 0 Å². The zero-order chi connectivity index (χ0) is 15.5. The third-order valence-corrected chi connectivity index (χ3v) is 3.49. The Morgan fingerprint density at radius 2 is 2.14 bits per heavy atom. The molecule has 6 heteroatoms. The first-order valence-corrected chi connectivity index (χ1v) is 6.81. The Labute approximate surface area is 123 Å². The highest BCUT2D eigenvalue weighted by molar-refractivity contribution is 5.94.